The van der Waals surface area contributed by atoms with Gasteiger partial charge in [-0.1, -0.05) is 0 Å². The molecule has 0 aliphatic carbocycles. The third-order valence-electron chi connectivity index (χ3n) is 3.98. The van der Waals surface area contributed by atoms with Crippen molar-refractivity contribution in [3.63, 3.8) is 0 Å². The van der Waals surface area contributed by atoms with Crippen molar-refractivity contribution >= 4 is 16.1 Å². The third-order valence-corrected chi connectivity index (χ3v) is 6.04. The fourth-order valence-corrected chi connectivity index (χ4v) is 4.38. The van der Waals surface area contributed by atoms with Gasteiger partial charge in [0.2, 0.25) is 10.0 Å². The van der Waals surface area contributed by atoms with Gasteiger partial charge in [-0.2, -0.15) is 4.31 Å². The van der Waals surface area contributed by atoms with Crippen LogP contribution in [0.1, 0.15) is 18.9 Å². The van der Waals surface area contributed by atoms with E-state index in [0.29, 0.717) is 44.0 Å². The number of carbonyl (C=O) groups excluding carboxylic acids is 1. The summed E-state index contributed by atoms with van der Waals surface area (Å²) in [6.45, 7) is 5.26. The molecular formula is C16H24N2O5S. The number of methoxy groups -OCH3 is 1. The molecule has 1 aliphatic rings. The highest BCUT2D eigenvalue weighted by Gasteiger charge is 2.29. The van der Waals surface area contributed by atoms with Gasteiger partial charge in [0.15, 0.2) is 0 Å². The van der Waals surface area contributed by atoms with Crippen LogP contribution in [0.15, 0.2) is 23.1 Å². The molecule has 0 N–H and O–H groups in total. The zero-order valence-electron chi connectivity index (χ0n) is 14.3. The highest BCUT2D eigenvalue weighted by Crippen LogP contribution is 2.25. The first kappa shape index (κ1) is 18.5. The first-order valence-electron chi connectivity index (χ1n) is 7.96. The van der Waals surface area contributed by atoms with E-state index in [2.05, 4.69) is 0 Å². The van der Waals surface area contributed by atoms with Crippen molar-refractivity contribution in [1.29, 1.82) is 0 Å². The smallest absolute Gasteiger partial charge is 0.409 e. The topological polar surface area (TPSA) is 76.2 Å². The molecule has 0 unspecified atom stereocenters. The summed E-state index contributed by atoms with van der Waals surface area (Å²) in [7, 11) is -2.06. The zero-order valence-corrected chi connectivity index (χ0v) is 15.1. The molecule has 1 aromatic carbocycles. The fourth-order valence-electron chi connectivity index (χ4n) is 2.71. The van der Waals surface area contributed by atoms with Gasteiger partial charge in [0.1, 0.15) is 5.75 Å². The van der Waals surface area contributed by atoms with Gasteiger partial charge in [-0.25, -0.2) is 13.2 Å². The number of carbonyl (C=O) groups is 1. The lowest BCUT2D eigenvalue weighted by molar-refractivity contribution is 0.109. The van der Waals surface area contributed by atoms with Crippen molar-refractivity contribution in [2.24, 2.45) is 0 Å². The standard InChI is InChI=1S/C16H24N2O5S/c1-4-23-16(19)17-8-5-9-18(11-10-17)24(20,21)15-7-6-14(22-3)12-13(15)2/h6-7,12H,4-5,8-11H2,1-3H3. The van der Waals surface area contributed by atoms with Gasteiger partial charge in [-0.15, -0.1) is 0 Å². The Morgan fingerprint density at radius 3 is 2.58 bits per heavy atom. The fraction of sp³-hybridized carbons (Fsp3) is 0.562. The van der Waals surface area contributed by atoms with Gasteiger partial charge in [0, 0.05) is 26.2 Å². The number of sulfonamides is 1. The summed E-state index contributed by atoms with van der Waals surface area (Å²) in [4.78, 5) is 13.7. The molecule has 0 saturated carbocycles. The van der Waals surface area contributed by atoms with Crippen molar-refractivity contribution in [3.8, 4) is 5.75 Å². The van der Waals surface area contributed by atoms with Crippen molar-refractivity contribution in [2.45, 2.75) is 25.2 Å². The lowest BCUT2D eigenvalue weighted by atomic mass is 10.2. The van der Waals surface area contributed by atoms with Crippen LogP contribution in [0.3, 0.4) is 0 Å². The molecule has 1 heterocycles. The summed E-state index contributed by atoms with van der Waals surface area (Å²) in [6, 6.07) is 4.91. The van der Waals surface area contributed by atoms with E-state index in [0.717, 1.165) is 0 Å². The highest BCUT2D eigenvalue weighted by atomic mass is 32.2. The zero-order chi connectivity index (χ0) is 17.7. The Kier molecular flexibility index (Phi) is 6.06. The molecule has 2 rings (SSSR count). The Morgan fingerprint density at radius 1 is 1.21 bits per heavy atom. The molecule has 24 heavy (non-hydrogen) atoms. The molecule has 0 spiro atoms. The van der Waals surface area contributed by atoms with Crippen LogP contribution in [-0.2, 0) is 14.8 Å². The normalized spacial score (nSPS) is 16.5. The number of rotatable bonds is 4. The summed E-state index contributed by atoms with van der Waals surface area (Å²) in [5.41, 5.74) is 0.640. The number of aryl methyl sites for hydroxylation is 1. The maximum absolute atomic E-state index is 12.9. The van der Waals surface area contributed by atoms with Gasteiger partial charge in [-0.3, -0.25) is 0 Å². The molecule has 7 nitrogen and oxygen atoms in total. The lowest BCUT2D eigenvalue weighted by Crippen LogP contribution is -2.37. The second-order valence-corrected chi connectivity index (χ2v) is 7.48. The average molecular weight is 356 g/mol. The maximum atomic E-state index is 12.9. The minimum atomic E-state index is -3.60. The van der Waals surface area contributed by atoms with Crippen LogP contribution in [0.5, 0.6) is 5.75 Å². The second kappa shape index (κ2) is 7.85. The Morgan fingerprint density at radius 2 is 1.96 bits per heavy atom. The van der Waals surface area contributed by atoms with Crippen LogP contribution in [0.25, 0.3) is 0 Å². The monoisotopic (exact) mass is 356 g/mol. The first-order valence-corrected chi connectivity index (χ1v) is 9.40. The van der Waals surface area contributed by atoms with Crippen LogP contribution < -0.4 is 4.74 Å². The van der Waals surface area contributed by atoms with E-state index in [9.17, 15) is 13.2 Å². The van der Waals surface area contributed by atoms with E-state index in [-0.39, 0.29) is 11.4 Å². The van der Waals surface area contributed by atoms with Gasteiger partial charge in [-0.05, 0) is 44.0 Å². The van der Waals surface area contributed by atoms with Crippen molar-refractivity contribution in [3.05, 3.63) is 23.8 Å². The van der Waals surface area contributed by atoms with Crippen LogP contribution in [0.2, 0.25) is 0 Å². The van der Waals surface area contributed by atoms with Gasteiger partial charge >= 0.3 is 6.09 Å². The predicted octanol–water partition coefficient (Wildman–Crippen LogP) is 1.86. The number of ether oxygens (including phenoxy) is 2. The SMILES string of the molecule is CCOC(=O)N1CCCN(S(=O)(=O)c2ccc(OC)cc2C)CC1. The average Bonchev–Trinajstić information content (AvgIpc) is 2.81. The van der Waals surface area contributed by atoms with Crippen LogP contribution in [-0.4, -0.2) is 63.6 Å². The Bertz CT molecular complexity index is 690. The minimum absolute atomic E-state index is 0.257. The highest BCUT2D eigenvalue weighted by molar-refractivity contribution is 7.89. The second-order valence-electron chi connectivity index (χ2n) is 5.58. The number of benzene rings is 1. The van der Waals surface area contributed by atoms with E-state index < -0.39 is 16.1 Å². The molecule has 0 radical (unpaired) electrons. The van der Waals surface area contributed by atoms with Crippen molar-refractivity contribution in [1.82, 2.24) is 9.21 Å². The minimum Gasteiger partial charge on any atom is -0.497 e. The Balaban J connectivity index is 2.17. The van der Waals surface area contributed by atoms with Crippen LogP contribution in [0.4, 0.5) is 4.79 Å². The summed E-state index contributed by atoms with van der Waals surface area (Å²) in [5, 5.41) is 0. The number of hydrogen-bond acceptors (Lipinski definition) is 5. The molecule has 134 valence electrons. The third kappa shape index (κ3) is 3.99. The molecule has 0 atom stereocenters. The summed E-state index contributed by atoms with van der Waals surface area (Å²) in [6.07, 6.45) is 0.185. The maximum Gasteiger partial charge on any atom is 0.409 e. The molecule has 8 heteroatoms. The number of amides is 1. The molecule has 0 aromatic heterocycles. The first-order chi connectivity index (χ1) is 11.4. The Labute approximate surface area is 143 Å². The summed E-state index contributed by atoms with van der Waals surface area (Å²) < 4.78 is 37.4. The molecule has 1 aromatic rings. The van der Waals surface area contributed by atoms with E-state index in [4.69, 9.17) is 9.47 Å². The molecule has 1 amide bonds. The quantitative estimate of drug-likeness (QED) is 0.823. The van der Waals surface area contributed by atoms with Gasteiger partial charge < -0.3 is 14.4 Å². The van der Waals surface area contributed by atoms with Crippen LogP contribution >= 0.6 is 0 Å². The molecule has 0 bridgehead atoms. The van der Waals surface area contributed by atoms with E-state index in [1.807, 2.05) is 0 Å². The van der Waals surface area contributed by atoms with Gasteiger partial charge in [0.25, 0.3) is 0 Å². The summed E-state index contributed by atoms with van der Waals surface area (Å²) >= 11 is 0. The van der Waals surface area contributed by atoms with E-state index in [1.165, 1.54) is 4.31 Å². The molecule has 1 aliphatic heterocycles. The molecule has 1 saturated heterocycles. The number of nitrogens with zero attached hydrogens (tertiary/aromatic N) is 2. The molecular weight excluding hydrogens is 332 g/mol. The summed E-state index contributed by atoms with van der Waals surface area (Å²) in [5.74, 6) is 0.621. The van der Waals surface area contributed by atoms with E-state index in [1.54, 1.807) is 44.1 Å². The van der Waals surface area contributed by atoms with E-state index >= 15 is 0 Å². The van der Waals surface area contributed by atoms with Crippen molar-refractivity contribution < 1.29 is 22.7 Å². The van der Waals surface area contributed by atoms with Crippen LogP contribution in [0, 0.1) is 6.92 Å². The van der Waals surface area contributed by atoms with Gasteiger partial charge in [0.05, 0.1) is 18.6 Å². The Hall–Kier alpha value is -1.80. The van der Waals surface area contributed by atoms with Crippen molar-refractivity contribution in [2.75, 3.05) is 39.9 Å². The lowest BCUT2D eigenvalue weighted by Gasteiger charge is -2.22. The number of hydrogen-bond donors (Lipinski definition) is 0. The predicted molar refractivity (Wildman–Crippen MR) is 89.7 cm³/mol. The molecule has 1 fully saturated rings. The largest absolute Gasteiger partial charge is 0.497 e.